The van der Waals surface area contributed by atoms with E-state index in [0.717, 1.165) is 36.0 Å². The molecule has 0 radical (unpaired) electrons. The van der Waals surface area contributed by atoms with Crippen molar-refractivity contribution < 1.29 is 14.0 Å². The molecule has 3 aromatic carbocycles. The number of halogens is 1. The van der Waals surface area contributed by atoms with E-state index in [9.17, 15) is 14.0 Å². The smallest absolute Gasteiger partial charge is 0.316 e. The zero-order valence-electron chi connectivity index (χ0n) is 18.5. The van der Waals surface area contributed by atoms with Crippen LogP contribution in [0.4, 0.5) is 14.9 Å². The molecular weight excluding hydrogens is 419 g/mol. The molecule has 1 atom stereocenters. The number of amides is 3. The molecule has 170 valence electrons. The van der Waals surface area contributed by atoms with E-state index < -0.39 is 6.03 Å². The van der Waals surface area contributed by atoms with Crippen molar-refractivity contribution in [1.29, 1.82) is 0 Å². The first-order valence-electron chi connectivity index (χ1n) is 10.9. The number of anilines is 1. The lowest BCUT2D eigenvalue weighted by molar-refractivity contribution is -0.130. The summed E-state index contributed by atoms with van der Waals surface area (Å²) in [4.78, 5) is 28.5. The van der Waals surface area contributed by atoms with Crippen molar-refractivity contribution in [3.63, 3.8) is 0 Å². The van der Waals surface area contributed by atoms with Gasteiger partial charge in [-0.05, 0) is 59.2 Å². The van der Waals surface area contributed by atoms with Crippen LogP contribution in [0.3, 0.4) is 0 Å². The molecule has 0 saturated carbocycles. The second-order valence-electron chi connectivity index (χ2n) is 8.35. The van der Waals surface area contributed by atoms with Gasteiger partial charge >= 0.3 is 6.03 Å². The number of urea groups is 1. The molecular formula is C26H27FN4O2. The first kappa shape index (κ1) is 22.5. The molecule has 1 heterocycles. The maximum atomic E-state index is 13.1. The summed E-state index contributed by atoms with van der Waals surface area (Å²) in [5.41, 5.74) is 7.65. The third kappa shape index (κ3) is 5.56. The fraction of sp³-hybridized carbons (Fsp3) is 0.231. The molecule has 3 aromatic rings. The molecule has 33 heavy (non-hydrogen) atoms. The Morgan fingerprint density at radius 1 is 1.09 bits per heavy atom. The van der Waals surface area contributed by atoms with Gasteiger partial charge in [0, 0.05) is 38.3 Å². The average molecular weight is 447 g/mol. The van der Waals surface area contributed by atoms with Gasteiger partial charge in [-0.1, -0.05) is 36.4 Å². The SMILES string of the molecule is C[C@@H]1CN(Cc2ccc(F)cc2)CCN1C(=O)C=Cc1cc2ccccc2cc1NC(N)=O. The van der Waals surface area contributed by atoms with E-state index in [1.165, 1.54) is 12.1 Å². The van der Waals surface area contributed by atoms with Gasteiger partial charge in [0.05, 0.1) is 5.69 Å². The number of carbonyl (C=O) groups is 2. The molecule has 6 nitrogen and oxygen atoms in total. The molecule has 1 aliphatic heterocycles. The van der Waals surface area contributed by atoms with Crippen molar-refractivity contribution in [3.05, 3.63) is 83.7 Å². The van der Waals surface area contributed by atoms with Gasteiger partial charge in [0.15, 0.2) is 0 Å². The minimum Gasteiger partial charge on any atom is -0.351 e. The topological polar surface area (TPSA) is 78.7 Å². The first-order chi connectivity index (χ1) is 15.9. The zero-order valence-corrected chi connectivity index (χ0v) is 18.5. The normalized spacial score (nSPS) is 16.9. The first-order valence-corrected chi connectivity index (χ1v) is 10.9. The van der Waals surface area contributed by atoms with Crippen LogP contribution in [0.5, 0.6) is 0 Å². The molecule has 0 aliphatic carbocycles. The fourth-order valence-corrected chi connectivity index (χ4v) is 4.25. The molecule has 3 N–H and O–H groups in total. The highest BCUT2D eigenvalue weighted by atomic mass is 19.1. The number of hydrogen-bond donors (Lipinski definition) is 2. The largest absolute Gasteiger partial charge is 0.351 e. The van der Waals surface area contributed by atoms with E-state index in [0.29, 0.717) is 17.8 Å². The van der Waals surface area contributed by atoms with Gasteiger partial charge in [-0.2, -0.15) is 0 Å². The van der Waals surface area contributed by atoms with E-state index in [-0.39, 0.29) is 17.8 Å². The van der Waals surface area contributed by atoms with E-state index in [1.807, 2.05) is 48.2 Å². The van der Waals surface area contributed by atoms with Gasteiger partial charge in [0.2, 0.25) is 5.91 Å². The Morgan fingerprint density at radius 3 is 2.45 bits per heavy atom. The van der Waals surface area contributed by atoms with Crippen LogP contribution in [0.25, 0.3) is 16.8 Å². The second-order valence-corrected chi connectivity index (χ2v) is 8.35. The van der Waals surface area contributed by atoms with Crippen molar-refractivity contribution in [2.75, 3.05) is 25.0 Å². The van der Waals surface area contributed by atoms with Crippen molar-refractivity contribution in [2.24, 2.45) is 5.73 Å². The predicted molar refractivity (Wildman–Crippen MR) is 129 cm³/mol. The van der Waals surface area contributed by atoms with Gasteiger partial charge < -0.3 is 16.0 Å². The molecule has 1 saturated heterocycles. The Morgan fingerprint density at radius 2 is 1.79 bits per heavy atom. The Kier molecular flexibility index (Phi) is 6.70. The number of benzene rings is 3. The monoisotopic (exact) mass is 446 g/mol. The van der Waals surface area contributed by atoms with Crippen molar-refractivity contribution >= 4 is 34.5 Å². The minimum atomic E-state index is -0.655. The number of primary amides is 1. The Labute approximate surface area is 192 Å². The van der Waals surface area contributed by atoms with Crippen molar-refractivity contribution in [3.8, 4) is 0 Å². The summed E-state index contributed by atoms with van der Waals surface area (Å²) in [7, 11) is 0. The number of piperazine rings is 1. The van der Waals surface area contributed by atoms with Crippen LogP contribution in [-0.2, 0) is 11.3 Å². The summed E-state index contributed by atoms with van der Waals surface area (Å²) >= 11 is 0. The number of nitrogens with one attached hydrogen (secondary N) is 1. The van der Waals surface area contributed by atoms with E-state index in [4.69, 9.17) is 5.73 Å². The van der Waals surface area contributed by atoms with Crippen LogP contribution in [0.1, 0.15) is 18.1 Å². The number of carbonyl (C=O) groups excluding carboxylic acids is 2. The summed E-state index contributed by atoms with van der Waals surface area (Å²) in [6.45, 7) is 4.84. The minimum absolute atomic E-state index is 0.0381. The summed E-state index contributed by atoms with van der Waals surface area (Å²) in [6, 6.07) is 17.5. The van der Waals surface area contributed by atoms with Gasteiger partial charge in [-0.25, -0.2) is 9.18 Å². The maximum Gasteiger partial charge on any atom is 0.316 e. The summed E-state index contributed by atoms with van der Waals surface area (Å²) in [5.74, 6) is -0.322. The molecule has 1 aliphatic rings. The van der Waals surface area contributed by atoms with Crippen LogP contribution in [-0.4, -0.2) is 47.4 Å². The molecule has 1 fully saturated rings. The van der Waals surface area contributed by atoms with Gasteiger partial charge in [-0.3, -0.25) is 9.69 Å². The highest BCUT2D eigenvalue weighted by Gasteiger charge is 2.26. The molecule has 3 amide bonds. The molecule has 4 rings (SSSR count). The zero-order chi connectivity index (χ0) is 23.4. The lowest BCUT2D eigenvalue weighted by atomic mass is 10.0. The van der Waals surface area contributed by atoms with Crippen LogP contribution in [0.2, 0.25) is 0 Å². The van der Waals surface area contributed by atoms with Gasteiger partial charge in [-0.15, -0.1) is 0 Å². The Bertz CT molecular complexity index is 1190. The highest BCUT2D eigenvalue weighted by Crippen LogP contribution is 2.25. The summed E-state index contributed by atoms with van der Waals surface area (Å²) < 4.78 is 13.1. The lowest BCUT2D eigenvalue weighted by Gasteiger charge is -2.39. The molecule has 0 aromatic heterocycles. The third-order valence-electron chi connectivity index (χ3n) is 5.90. The van der Waals surface area contributed by atoms with Crippen molar-refractivity contribution in [1.82, 2.24) is 9.80 Å². The van der Waals surface area contributed by atoms with E-state index in [1.54, 1.807) is 24.3 Å². The predicted octanol–water partition coefficient (Wildman–Crippen LogP) is 4.22. The number of nitrogens with two attached hydrogens (primary N) is 1. The highest BCUT2D eigenvalue weighted by molar-refractivity contribution is 5.99. The molecule has 0 unspecified atom stereocenters. The number of nitrogens with zero attached hydrogens (tertiary/aromatic N) is 2. The number of hydrogen-bond acceptors (Lipinski definition) is 3. The molecule has 0 spiro atoms. The quantitative estimate of drug-likeness (QED) is 0.576. The van der Waals surface area contributed by atoms with Crippen LogP contribution in [0.15, 0.2) is 66.7 Å². The van der Waals surface area contributed by atoms with Crippen molar-refractivity contribution in [2.45, 2.75) is 19.5 Å². The van der Waals surface area contributed by atoms with Gasteiger partial charge in [0.1, 0.15) is 5.82 Å². The summed E-state index contributed by atoms with van der Waals surface area (Å²) in [6.07, 6.45) is 3.26. The third-order valence-corrected chi connectivity index (χ3v) is 5.90. The Balaban J connectivity index is 1.44. The average Bonchev–Trinajstić information content (AvgIpc) is 2.78. The summed E-state index contributed by atoms with van der Waals surface area (Å²) in [5, 5.41) is 4.61. The van der Waals surface area contributed by atoms with Crippen LogP contribution in [0, 0.1) is 5.82 Å². The number of rotatable bonds is 5. The fourth-order valence-electron chi connectivity index (χ4n) is 4.25. The second kappa shape index (κ2) is 9.83. The van der Waals surface area contributed by atoms with E-state index >= 15 is 0 Å². The number of fused-ring (bicyclic) bond motifs is 1. The molecule has 0 bridgehead atoms. The van der Waals surface area contributed by atoms with Gasteiger partial charge in [0.25, 0.3) is 0 Å². The maximum absolute atomic E-state index is 13.1. The standard InChI is InChI=1S/C26H27FN4O2/c1-18-16-30(17-19-6-9-23(27)10-7-19)12-13-31(18)25(32)11-8-22-14-20-4-2-3-5-21(20)15-24(22)29-26(28)33/h2-11,14-15,18H,12-13,16-17H2,1H3,(H3,28,29,33)/t18-/m1/s1. The molecule has 7 heteroatoms. The van der Waals surface area contributed by atoms with Crippen LogP contribution >= 0.6 is 0 Å². The lowest BCUT2D eigenvalue weighted by Crippen LogP contribution is -2.53. The van der Waals surface area contributed by atoms with E-state index in [2.05, 4.69) is 10.2 Å². The van der Waals surface area contributed by atoms with Crippen LogP contribution < -0.4 is 11.1 Å². The Hall–Kier alpha value is -3.71.